The van der Waals surface area contributed by atoms with Gasteiger partial charge in [0.15, 0.2) is 0 Å². The molecule has 3 aromatic heterocycles. The minimum atomic E-state index is -0.238. The fourth-order valence-corrected chi connectivity index (χ4v) is 3.11. The van der Waals surface area contributed by atoms with Crippen LogP contribution < -0.4 is 5.32 Å². The average Bonchev–Trinajstić information content (AvgIpc) is 3.39. The van der Waals surface area contributed by atoms with Crippen molar-refractivity contribution in [3.63, 3.8) is 0 Å². The van der Waals surface area contributed by atoms with E-state index in [1.54, 1.807) is 6.07 Å². The summed E-state index contributed by atoms with van der Waals surface area (Å²) in [5, 5.41) is 16.0. The maximum atomic E-state index is 12.1. The normalized spacial score (nSPS) is 11.4. The number of hydrogen-bond acceptors (Lipinski definition) is 7. The summed E-state index contributed by atoms with van der Waals surface area (Å²) >= 11 is 1.16. The first-order valence-corrected chi connectivity index (χ1v) is 9.38. The largest absolute Gasteiger partial charge is 0.411 e. The van der Waals surface area contributed by atoms with Crippen molar-refractivity contribution in [2.75, 3.05) is 11.1 Å². The van der Waals surface area contributed by atoms with E-state index in [9.17, 15) is 4.79 Å². The molecule has 0 spiro atoms. The molecule has 4 rings (SSSR count). The van der Waals surface area contributed by atoms with Gasteiger partial charge >= 0.3 is 0 Å². The first kappa shape index (κ1) is 17.3. The highest BCUT2D eigenvalue weighted by Gasteiger charge is 2.15. The molecule has 8 nitrogen and oxygen atoms in total. The van der Waals surface area contributed by atoms with Gasteiger partial charge in [-0.05, 0) is 12.0 Å². The second kappa shape index (κ2) is 7.28. The molecular formula is C18H17N5O3S. The van der Waals surface area contributed by atoms with Gasteiger partial charge < -0.3 is 13.9 Å². The molecule has 0 atom stereocenters. The molecule has 9 heteroatoms. The standard InChI is InChI=1S/C18H17N5O3S/c1-10(2)14-7-16(26-23-14)20-15(24)9-27-18-22-21-17(25-18)12-8-19-13-6-4-3-5-11(12)13/h3-8,10,19H,9H2,1-2H3,(H,20,24). The number of amides is 1. The average molecular weight is 383 g/mol. The lowest BCUT2D eigenvalue weighted by Gasteiger charge is -1.98. The predicted octanol–water partition coefficient (Wildman–Crippen LogP) is 4.06. The van der Waals surface area contributed by atoms with Gasteiger partial charge in [0.05, 0.1) is 17.0 Å². The molecule has 3 heterocycles. The molecule has 0 saturated heterocycles. The number of fused-ring (bicyclic) bond motifs is 1. The monoisotopic (exact) mass is 383 g/mol. The molecule has 0 fully saturated rings. The van der Waals surface area contributed by atoms with Gasteiger partial charge in [0, 0.05) is 23.2 Å². The Morgan fingerprint density at radius 1 is 1.30 bits per heavy atom. The molecule has 4 aromatic rings. The van der Waals surface area contributed by atoms with Crippen LogP contribution in [0.3, 0.4) is 0 Å². The third kappa shape index (κ3) is 3.72. The summed E-state index contributed by atoms with van der Waals surface area (Å²) in [5.41, 5.74) is 2.61. The lowest BCUT2D eigenvalue weighted by atomic mass is 10.1. The number of para-hydroxylation sites is 1. The van der Waals surface area contributed by atoms with E-state index in [1.165, 1.54) is 0 Å². The molecule has 0 aliphatic carbocycles. The second-order valence-corrected chi connectivity index (χ2v) is 7.16. The summed E-state index contributed by atoms with van der Waals surface area (Å²) in [4.78, 5) is 15.2. The number of nitrogens with zero attached hydrogens (tertiary/aromatic N) is 3. The van der Waals surface area contributed by atoms with Crippen LogP contribution in [0.5, 0.6) is 0 Å². The van der Waals surface area contributed by atoms with Crippen LogP contribution in [0.2, 0.25) is 0 Å². The zero-order valence-corrected chi connectivity index (χ0v) is 15.5. The Morgan fingerprint density at radius 3 is 2.96 bits per heavy atom. The van der Waals surface area contributed by atoms with Crippen LogP contribution in [-0.2, 0) is 4.79 Å². The number of hydrogen-bond donors (Lipinski definition) is 2. The van der Waals surface area contributed by atoms with Crippen LogP contribution in [0.1, 0.15) is 25.5 Å². The Bertz CT molecular complexity index is 1080. The lowest BCUT2D eigenvalue weighted by molar-refractivity contribution is -0.113. The molecule has 2 N–H and O–H groups in total. The van der Waals surface area contributed by atoms with Crippen molar-refractivity contribution in [2.45, 2.75) is 25.0 Å². The smallest absolute Gasteiger partial charge is 0.277 e. The number of H-pyrrole nitrogens is 1. The van der Waals surface area contributed by atoms with Crippen molar-refractivity contribution in [3.8, 4) is 11.5 Å². The molecule has 0 unspecified atom stereocenters. The Morgan fingerprint density at radius 2 is 2.15 bits per heavy atom. The fraction of sp³-hybridized carbons (Fsp3) is 0.222. The van der Waals surface area contributed by atoms with Gasteiger partial charge in [-0.1, -0.05) is 49.0 Å². The summed E-state index contributed by atoms with van der Waals surface area (Å²) in [5.74, 6) is 0.850. The van der Waals surface area contributed by atoms with Gasteiger partial charge in [-0.3, -0.25) is 10.1 Å². The first-order chi connectivity index (χ1) is 13.1. The van der Waals surface area contributed by atoms with E-state index in [1.807, 2.05) is 44.3 Å². The maximum absolute atomic E-state index is 12.1. The van der Waals surface area contributed by atoms with Gasteiger partial charge in [-0.15, -0.1) is 10.2 Å². The third-order valence-electron chi connectivity index (χ3n) is 3.94. The van der Waals surface area contributed by atoms with Gasteiger partial charge in [0.2, 0.25) is 11.8 Å². The molecule has 0 radical (unpaired) electrons. The summed E-state index contributed by atoms with van der Waals surface area (Å²) < 4.78 is 10.8. The van der Waals surface area contributed by atoms with Crippen LogP contribution in [0.15, 0.2) is 50.7 Å². The third-order valence-corrected chi connectivity index (χ3v) is 4.75. The Labute approximate surface area is 158 Å². The number of carbonyl (C=O) groups is 1. The molecule has 1 aromatic carbocycles. The lowest BCUT2D eigenvalue weighted by Crippen LogP contribution is -2.13. The highest BCUT2D eigenvalue weighted by Crippen LogP contribution is 2.29. The second-order valence-electron chi connectivity index (χ2n) is 6.23. The molecule has 0 saturated carbocycles. The van der Waals surface area contributed by atoms with E-state index in [2.05, 4.69) is 25.7 Å². The van der Waals surface area contributed by atoms with Crippen molar-refractivity contribution in [1.29, 1.82) is 0 Å². The minimum Gasteiger partial charge on any atom is -0.411 e. The highest BCUT2D eigenvalue weighted by atomic mass is 32.2. The molecule has 138 valence electrons. The number of aromatic amines is 1. The minimum absolute atomic E-state index is 0.118. The number of benzene rings is 1. The number of thioether (sulfide) groups is 1. The van der Waals surface area contributed by atoms with E-state index in [-0.39, 0.29) is 17.6 Å². The maximum Gasteiger partial charge on any atom is 0.277 e. The highest BCUT2D eigenvalue weighted by molar-refractivity contribution is 7.99. The molecule has 0 bridgehead atoms. The predicted molar refractivity (Wildman–Crippen MR) is 102 cm³/mol. The Balaban J connectivity index is 1.38. The van der Waals surface area contributed by atoms with Crippen molar-refractivity contribution >= 4 is 34.5 Å². The van der Waals surface area contributed by atoms with Crippen molar-refractivity contribution < 1.29 is 13.7 Å². The summed E-state index contributed by atoms with van der Waals surface area (Å²) in [7, 11) is 0. The van der Waals surface area contributed by atoms with Crippen molar-refractivity contribution in [3.05, 3.63) is 42.2 Å². The fourth-order valence-electron chi connectivity index (χ4n) is 2.55. The summed E-state index contributed by atoms with van der Waals surface area (Å²) in [6, 6.07) is 9.58. The first-order valence-electron chi connectivity index (χ1n) is 8.39. The molecule has 1 amide bonds. The van der Waals surface area contributed by atoms with Gasteiger partial charge in [-0.25, -0.2) is 0 Å². The molecule has 0 aliphatic heterocycles. The van der Waals surface area contributed by atoms with Crippen LogP contribution in [0, 0.1) is 0 Å². The van der Waals surface area contributed by atoms with Crippen molar-refractivity contribution in [2.24, 2.45) is 0 Å². The molecule has 0 aliphatic rings. The topological polar surface area (TPSA) is 110 Å². The van der Waals surface area contributed by atoms with E-state index in [0.29, 0.717) is 17.0 Å². The quantitative estimate of drug-likeness (QED) is 0.483. The SMILES string of the molecule is CC(C)c1cc(NC(=O)CSc2nnc(-c3c[nH]c4ccccc34)o2)on1. The van der Waals surface area contributed by atoms with Crippen molar-refractivity contribution in [1.82, 2.24) is 20.3 Å². The molecule has 27 heavy (non-hydrogen) atoms. The Kier molecular flexibility index (Phi) is 4.68. The zero-order chi connectivity index (χ0) is 18.8. The van der Waals surface area contributed by atoms with E-state index < -0.39 is 0 Å². The zero-order valence-electron chi connectivity index (χ0n) is 14.7. The number of nitrogens with one attached hydrogen (secondary N) is 2. The van der Waals surface area contributed by atoms with Gasteiger partial charge in [0.1, 0.15) is 0 Å². The van der Waals surface area contributed by atoms with E-state index in [4.69, 9.17) is 8.94 Å². The number of anilines is 1. The van der Waals surface area contributed by atoms with Crippen LogP contribution in [0.25, 0.3) is 22.4 Å². The van der Waals surface area contributed by atoms with Crippen LogP contribution in [-0.4, -0.2) is 32.0 Å². The number of rotatable bonds is 6. The Hall–Kier alpha value is -3.07. The number of carbonyl (C=O) groups excluding carboxylic acids is 1. The van der Waals surface area contributed by atoms with Crippen LogP contribution >= 0.6 is 11.8 Å². The number of aromatic nitrogens is 4. The van der Waals surface area contributed by atoms with E-state index in [0.717, 1.165) is 33.9 Å². The molecular weight excluding hydrogens is 366 g/mol. The van der Waals surface area contributed by atoms with E-state index >= 15 is 0 Å². The van der Waals surface area contributed by atoms with Gasteiger partial charge in [-0.2, -0.15) is 0 Å². The van der Waals surface area contributed by atoms with Gasteiger partial charge in [0.25, 0.3) is 11.1 Å². The summed E-state index contributed by atoms with van der Waals surface area (Å²) in [6.07, 6.45) is 1.83. The van der Waals surface area contributed by atoms with Crippen LogP contribution in [0.4, 0.5) is 5.88 Å². The summed E-state index contributed by atoms with van der Waals surface area (Å²) in [6.45, 7) is 4.00.